The smallest absolute Gasteiger partial charge is 0.131 e. The van der Waals surface area contributed by atoms with E-state index in [0.29, 0.717) is 0 Å². The lowest BCUT2D eigenvalue weighted by Gasteiger charge is -2.39. The molecule has 0 aromatic heterocycles. The van der Waals surface area contributed by atoms with E-state index in [-0.39, 0.29) is 5.60 Å². The number of ether oxygens (including phenoxy) is 1. The van der Waals surface area contributed by atoms with Crippen LogP contribution in [-0.4, -0.2) is 31.8 Å². The van der Waals surface area contributed by atoms with E-state index in [1.807, 2.05) is 0 Å². The largest absolute Gasteiger partial charge is 0.485 e. The summed E-state index contributed by atoms with van der Waals surface area (Å²) in [5, 5.41) is 3.24. The van der Waals surface area contributed by atoms with Crippen molar-refractivity contribution in [1.82, 2.24) is 5.32 Å². The molecule has 1 aromatic carbocycles. The highest BCUT2D eigenvalue weighted by Crippen LogP contribution is 2.26. The predicted octanol–water partition coefficient (Wildman–Crippen LogP) is 2.03. The van der Waals surface area contributed by atoms with Crippen molar-refractivity contribution in [3.63, 3.8) is 0 Å². The molecule has 0 spiro atoms. The van der Waals surface area contributed by atoms with Gasteiger partial charge >= 0.3 is 0 Å². The van der Waals surface area contributed by atoms with Crippen LogP contribution in [0.25, 0.3) is 0 Å². The maximum Gasteiger partial charge on any atom is 0.131 e. The summed E-state index contributed by atoms with van der Waals surface area (Å²) in [6.45, 7) is 6.43. The molecule has 3 heteroatoms. The molecule has 2 heterocycles. The van der Waals surface area contributed by atoms with Crippen LogP contribution in [0.4, 0.5) is 5.69 Å². The quantitative estimate of drug-likeness (QED) is 0.863. The van der Waals surface area contributed by atoms with Crippen molar-refractivity contribution in [2.24, 2.45) is 0 Å². The normalized spacial score (nSPS) is 22.3. The lowest BCUT2D eigenvalue weighted by Crippen LogP contribution is -2.60. The highest BCUT2D eigenvalue weighted by molar-refractivity contribution is 5.49. The van der Waals surface area contributed by atoms with Crippen LogP contribution in [-0.2, 0) is 0 Å². The van der Waals surface area contributed by atoms with Gasteiger partial charge in [-0.1, -0.05) is 0 Å². The van der Waals surface area contributed by atoms with E-state index in [2.05, 4.69) is 41.4 Å². The van der Waals surface area contributed by atoms with Crippen molar-refractivity contribution >= 4 is 5.69 Å². The Morgan fingerprint density at radius 2 is 1.76 bits per heavy atom. The Kier molecular flexibility index (Phi) is 2.71. The molecule has 1 aromatic rings. The third-order valence-corrected chi connectivity index (χ3v) is 3.67. The average molecular weight is 232 g/mol. The second kappa shape index (κ2) is 4.22. The summed E-state index contributed by atoms with van der Waals surface area (Å²) in [5.74, 6) is 0.983. The molecule has 0 amide bonds. The van der Waals surface area contributed by atoms with Gasteiger partial charge in [0.1, 0.15) is 11.4 Å². The first-order valence-electron chi connectivity index (χ1n) is 6.50. The molecule has 92 valence electrons. The van der Waals surface area contributed by atoms with Gasteiger partial charge in [-0.15, -0.1) is 0 Å². The molecule has 3 rings (SSSR count). The van der Waals surface area contributed by atoms with Crippen LogP contribution in [0.5, 0.6) is 5.75 Å². The van der Waals surface area contributed by atoms with Gasteiger partial charge in [-0.25, -0.2) is 0 Å². The molecule has 3 nitrogen and oxygen atoms in total. The fourth-order valence-corrected chi connectivity index (χ4v) is 2.53. The summed E-state index contributed by atoms with van der Waals surface area (Å²) in [6.07, 6.45) is 2.64. The zero-order valence-corrected chi connectivity index (χ0v) is 10.4. The second-order valence-corrected chi connectivity index (χ2v) is 5.34. The Morgan fingerprint density at radius 3 is 2.29 bits per heavy atom. The van der Waals surface area contributed by atoms with E-state index >= 15 is 0 Å². The minimum Gasteiger partial charge on any atom is -0.485 e. The van der Waals surface area contributed by atoms with Crippen LogP contribution in [0.1, 0.15) is 19.8 Å². The molecule has 0 atom stereocenters. The SMILES string of the molecule is CC1(Oc2ccc(N3CCCC3)cc2)CNC1. The first kappa shape index (κ1) is 10.9. The van der Waals surface area contributed by atoms with Crippen LogP contribution < -0.4 is 15.0 Å². The van der Waals surface area contributed by atoms with Gasteiger partial charge in [-0.2, -0.15) is 0 Å². The van der Waals surface area contributed by atoms with Crippen molar-refractivity contribution in [3.05, 3.63) is 24.3 Å². The highest BCUT2D eigenvalue weighted by Gasteiger charge is 2.33. The van der Waals surface area contributed by atoms with Gasteiger partial charge in [0.15, 0.2) is 0 Å². The lowest BCUT2D eigenvalue weighted by atomic mass is 10.00. The fraction of sp³-hybridized carbons (Fsp3) is 0.571. The molecule has 2 fully saturated rings. The topological polar surface area (TPSA) is 24.5 Å². The molecular formula is C14H20N2O. The lowest BCUT2D eigenvalue weighted by molar-refractivity contribution is 0.0349. The monoisotopic (exact) mass is 232 g/mol. The Labute approximate surface area is 103 Å². The molecule has 0 saturated carbocycles. The first-order valence-corrected chi connectivity index (χ1v) is 6.50. The maximum absolute atomic E-state index is 5.97. The van der Waals surface area contributed by atoms with Crippen LogP contribution in [0.15, 0.2) is 24.3 Å². The molecule has 0 bridgehead atoms. The molecule has 0 aliphatic carbocycles. The van der Waals surface area contributed by atoms with Crippen LogP contribution in [0, 0.1) is 0 Å². The zero-order chi connectivity index (χ0) is 11.7. The van der Waals surface area contributed by atoms with Gasteiger partial charge in [-0.05, 0) is 44.0 Å². The third-order valence-electron chi connectivity index (χ3n) is 3.67. The van der Waals surface area contributed by atoms with E-state index in [1.165, 1.54) is 31.6 Å². The van der Waals surface area contributed by atoms with Gasteiger partial charge < -0.3 is 15.0 Å². The number of anilines is 1. The zero-order valence-electron chi connectivity index (χ0n) is 10.4. The predicted molar refractivity (Wildman–Crippen MR) is 69.8 cm³/mol. The summed E-state index contributed by atoms with van der Waals surface area (Å²) in [4.78, 5) is 2.44. The minimum absolute atomic E-state index is 0.00480. The fourth-order valence-electron chi connectivity index (χ4n) is 2.53. The number of hydrogen-bond donors (Lipinski definition) is 1. The van der Waals surface area contributed by atoms with Gasteiger partial charge in [0, 0.05) is 31.9 Å². The summed E-state index contributed by atoms with van der Waals surface area (Å²) < 4.78 is 5.97. The van der Waals surface area contributed by atoms with E-state index in [0.717, 1.165) is 18.8 Å². The average Bonchev–Trinajstić information content (AvgIpc) is 2.81. The Hall–Kier alpha value is -1.22. The Bertz CT molecular complexity index is 378. The van der Waals surface area contributed by atoms with Gasteiger partial charge in [-0.3, -0.25) is 0 Å². The van der Waals surface area contributed by atoms with Crippen LogP contribution in [0.2, 0.25) is 0 Å². The van der Waals surface area contributed by atoms with Gasteiger partial charge in [0.2, 0.25) is 0 Å². The summed E-state index contributed by atoms with van der Waals surface area (Å²) in [7, 11) is 0. The molecule has 0 radical (unpaired) electrons. The first-order chi connectivity index (χ1) is 8.25. The van der Waals surface area contributed by atoms with Gasteiger partial charge in [0.05, 0.1) is 0 Å². The number of nitrogens with zero attached hydrogens (tertiary/aromatic N) is 1. The maximum atomic E-state index is 5.97. The van der Waals surface area contributed by atoms with Crippen molar-refractivity contribution in [2.45, 2.75) is 25.4 Å². The molecule has 1 N–H and O–H groups in total. The number of hydrogen-bond acceptors (Lipinski definition) is 3. The van der Waals surface area contributed by atoms with E-state index in [1.54, 1.807) is 0 Å². The van der Waals surface area contributed by atoms with Crippen molar-refractivity contribution < 1.29 is 4.74 Å². The van der Waals surface area contributed by atoms with Crippen LogP contribution >= 0.6 is 0 Å². The minimum atomic E-state index is -0.00480. The molecule has 0 unspecified atom stereocenters. The molecule has 17 heavy (non-hydrogen) atoms. The third kappa shape index (κ3) is 2.25. The van der Waals surface area contributed by atoms with E-state index < -0.39 is 0 Å². The van der Waals surface area contributed by atoms with Gasteiger partial charge in [0.25, 0.3) is 0 Å². The number of nitrogens with one attached hydrogen (secondary N) is 1. The Morgan fingerprint density at radius 1 is 1.12 bits per heavy atom. The number of benzene rings is 1. The number of rotatable bonds is 3. The summed E-state index contributed by atoms with van der Waals surface area (Å²) in [5.41, 5.74) is 1.32. The molecular weight excluding hydrogens is 212 g/mol. The van der Waals surface area contributed by atoms with E-state index in [9.17, 15) is 0 Å². The van der Waals surface area contributed by atoms with Crippen LogP contribution in [0.3, 0.4) is 0 Å². The summed E-state index contributed by atoms with van der Waals surface area (Å²) in [6, 6.07) is 8.54. The Balaban J connectivity index is 1.67. The summed E-state index contributed by atoms with van der Waals surface area (Å²) >= 11 is 0. The molecule has 2 aliphatic heterocycles. The van der Waals surface area contributed by atoms with Crippen molar-refractivity contribution in [3.8, 4) is 5.75 Å². The second-order valence-electron chi connectivity index (χ2n) is 5.34. The van der Waals surface area contributed by atoms with Crippen molar-refractivity contribution in [1.29, 1.82) is 0 Å². The standard InChI is InChI=1S/C14H20N2O/c1-14(10-15-11-14)17-13-6-4-12(5-7-13)16-8-2-3-9-16/h4-7,15H,2-3,8-11H2,1H3. The van der Waals surface area contributed by atoms with E-state index in [4.69, 9.17) is 4.74 Å². The molecule has 2 saturated heterocycles. The van der Waals surface area contributed by atoms with Crippen molar-refractivity contribution in [2.75, 3.05) is 31.1 Å². The molecule has 2 aliphatic rings. The highest BCUT2D eigenvalue weighted by atomic mass is 16.5.